The van der Waals surface area contributed by atoms with Gasteiger partial charge in [0, 0.05) is 24.6 Å². The number of fused-ring (bicyclic) bond motifs is 1. The third kappa shape index (κ3) is 3.29. The molecule has 1 aliphatic heterocycles. The number of anilines is 1. The number of halogens is 1. The van der Waals surface area contributed by atoms with Gasteiger partial charge in [0.05, 0.1) is 18.3 Å². The number of ether oxygens (including phenoxy) is 1. The second-order valence-electron chi connectivity index (χ2n) is 7.50. The van der Waals surface area contributed by atoms with Gasteiger partial charge in [0.2, 0.25) is 0 Å². The van der Waals surface area contributed by atoms with Crippen LogP contribution in [0.15, 0.2) is 24.4 Å². The summed E-state index contributed by atoms with van der Waals surface area (Å²) >= 11 is 6.51. The number of methoxy groups -OCH3 is 1. The van der Waals surface area contributed by atoms with E-state index in [-0.39, 0.29) is 0 Å². The number of imidazole rings is 1. The molecule has 1 saturated heterocycles. The second kappa shape index (κ2) is 7.22. The fourth-order valence-electron chi connectivity index (χ4n) is 3.76. The minimum absolute atomic E-state index is 0.376. The number of nitrogens with one attached hydrogen (secondary N) is 2. The SMILES string of the molecule is COc1cc2ncc(-c3nc(N[C@@H]4CCCNC4)ccc3Cl)n2nc1C1CC1. The normalized spacial score (nSPS) is 19.7. The lowest BCUT2D eigenvalue weighted by Crippen LogP contribution is -2.38. The number of piperidine rings is 1. The molecule has 0 bridgehead atoms. The minimum atomic E-state index is 0.376. The van der Waals surface area contributed by atoms with Crippen LogP contribution in [0.25, 0.3) is 17.0 Å². The van der Waals surface area contributed by atoms with Gasteiger partial charge < -0.3 is 15.4 Å². The van der Waals surface area contributed by atoms with Crippen molar-refractivity contribution in [1.82, 2.24) is 24.9 Å². The smallest absolute Gasteiger partial charge is 0.157 e. The Labute approximate surface area is 168 Å². The molecule has 4 heterocycles. The summed E-state index contributed by atoms with van der Waals surface area (Å²) < 4.78 is 7.35. The number of pyridine rings is 1. The summed E-state index contributed by atoms with van der Waals surface area (Å²) in [5.74, 6) is 2.08. The van der Waals surface area contributed by atoms with E-state index in [1.165, 1.54) is 6.42 Å². The van der Waals surface area contributed by atoms with Crippen LogP contribution in [-0.2, 0) is 0 Å². The van der Waals surface area contributed by atoms with Crippen LogP contribution in [0.3, 0.4) is 0 Å². The van der Waals surface area contributed by atoms with Crippen molar-refractivity contribution < 1.29 is 4.74 Å². The molecule has 3 aromatic rings. The fraction of sp³-hybridized carbons (Fsp3) is 0.450. The van der Waals surface area contributed by atoms with Crippen molar-refractivity contribution in [2.75, 3.05) is 25.5 Å². The van der Waals surface area contributed by atoms with Gasteiger partial charge in [0.1, 0.15) is 28.6 Å². The van der Waals surface area contributed by atoms with E-state index < -0.39 is 0 Å². The predicted octanol–water partition coefficient (Wildman–Crippen LogP) is 3.49. The zero-order chi connectivity index (χ0) is 19.1. The molecule has 0 aromatic carbocycles. The molecular formula is C20H23ClN6O. The lowest BCUT2D eigenvalue weighted by Gasteiger charge is -2.24. The Bertz CT molecular complexity index is 1010. The van der Waals surface area contributed by atoms with E-state index in [1.807, 2.05) is 22.7 Å². The van der Waals surface area contributed by atoms with Gasteiger partial charge in [-0.3, -0.25) is 0 Å². The highest BCUT2D eigenvalue weighted by Crippen LogP contribution is 2.43. The Balaban J connectivity index is 1.53. The van der Waals surface area contributed by atoms with E-state index in [2.05, 4.69) is 15.6 Å². The first-order valence-corrected chi connectivity index (χ1v) is 10.2. The largest absolute Gasteiger partial charge is 0.495 e. The molecule has 28 heavy (non-hydrogen) atoms. The van der Waals surface area contributed by atoms with E-state index in [1.54, 1.807) is 13.3 Å². The van der Waals surface area contributed by atoms with Crippen LogP contribution in [0.1, 0.15) is 37.3 Å². The Hall–Kier alpha value is -2.38. The third-order valence-electron chi connectivity index (χ3n) is 5.41. The zero-order valence-corrected chi connectivity index (χ0v) is 16.5. The first-order chi connectivity index (χ1) is 13.7. The molecule has 146 valence electrons. The standard InChI is InChI=1S/C20H23ClN6O/c1-28-16-9-18-23-11-15(27(18)26-19(16)12-4-5-12)20-14(21)6-7-17(25-20)24-13-3-2-8-22-10-13/h6-7,9,11-13,22H,2-5,8,10H2,1H3,(H,24,25)/t13-/m1/s1. The molecule has 2 fully saturated rings. The Morgan fingerprint density at radius 1 is 1.29 bits per heavy atom. The molecule has 1 aliphatic carbocycles. The van der Waals surface area contributed by atoms with Crippen molar-refractivity contribution in [1.29, 1.82) is 0 Å². The Kier molecular flexibility index (Phi) is 4.56. The highest BCUT2D eigenvalue weighted by atomic mass is 35.5. The number of aromatic nitrogens is 4. The van der Waals surface area contributed by atoms with Crippen molar-refractivity contribution in [3.05, 3.63) is 35.1 Å². The summed E-state index contributed by atoms with van der Waals surface area (Å²) in [6.45, 7) is 2.03. The topological polar surface area (TPSA) is 76.4 Å². The van der Waals surface area contributed by atoms with E-state index >= 15 is 0 Å². The van der Waals surface area contributed by atoms with Gasteiger partial charge >= 0.3 is 0 Å². The van der Waals surface area contributed by atoms with Crippen LogP contribution in [0.5, 0.6) is 5.75 Å². The van der Waals surface area contributed by atoms with Gasteiger partial charge in [-0.2, -0.15) is 5.10 Å². The first kappa shape index (κ1) is 17.7. The highest BCUT2D eigenvalue weighted by Gasteiger charge is 2.30. The van der Waals surface area contributed by atoms with Crippen LogP contribution in [-0.4, -0.2) is 45.8 Å². The molecule has 1 saturated carbocycles. The van der Waals surface area contributed by atoms with Crippen LogP contribution in [0.2, 0.25) is 5.02 Å². The lowest BCUT2D eigenvalue weighted by atomic mass is 10.1. The number of hydrogen-bond acceptors (Lipinski definition) is 6. The fourth-order valence-corrected chi connectivity index (χ4v) is 3.96. The zero-order valence-electron chi connectivity index (χ0n) is 15.8. The van der Waals surface area contributed by atoms with Gasteiger partial charge in [-0.25, -0.2) is 14.5 Å². The van der Waals surface area contributed by atoms with Gasteiger partial charge in [-0.1, -0.05) is 11.6 Å². The third-order valence-corrected chi connectivity index (χ3v) is 5.71. The summed E-state index contributed by atoms with van der Waals surface area (Å²) in [5.41, 5.74) is 3.18. The van der Waals surface area contributed by atoms with Crippen molar-refractivity contribution >= 4 is 23.1 Å². The van der Waals surface area contributed by atoms with Gasteiger partial charge in [0.15, 0.2) is 5.65 Å². The number of hydrogen-bond donors (Lipinski definition) is 2. The van der Waals surface area contributed by atoms with E-state index in [9.17, 15) is 0 Å². The summed E-state index contributed by atoms with van der Waals surface area (Å²) in [4.78, 5) is 9.29. The van der Waals surface area contributed by atoms with Gasteiger partial charge in [-0.05, 0) is 44.4 Å². The van der Waals surface area contributed by atoms with Crippen molar-refractivity contribution in [3.63, 3.8) is 0 Å². The minimum Gasteiger partial charge on any atom is -0.495 e. The maximum Gasteiger partial charge on any atom is 0.157 e. The summed E-state index contributed by atoms with van der Waals surface area (Å²) in [6, 6.07) is 6.12. The van der Waals surface area contributed by atoms with Gasteiger partial charge in [-0.15, -0.1) is 0 Å². The van der Waals surface area contributed by atoms with Crippen LogP contribution in [0, 0.1) is 0 Å². The maximum absolute atomic E-state index is 6.51. The second-order valence-corrected chi connectivity index (χ2v) is 7.91. The van der Waals surface area contributed by atoms with Crippen LogP contribution < -0.4 is 15.4 Å². The molecule has 0 amide bonds. The van der Waals surface area contributed by atoms with Crippen molar-refractivity contribution in [2.45, 2.75) is 37.6 Å². The molecule has 0 unspecified atom stereocenters. The van der Waals surface area contributed by atoms with E-state index in [4.69, 9.17) is 26.4 Å². The molecule has 0 radical (unpaired) electrons. The molecule has 0 spiro atoms. The van der Waals surface area contributed by atoms with Crippen molar-refractivity contribution in [2.24, 2.45) is 0 Å². The molecular weight excluding hydrogens is 376 g/mol. The molecule has 7 nitrogen and oxygen atoms in total. The lowest BCUT2D eigenvalue weighted by molar-refractivity contribution is 0.405. The van der Waals surface area contributed by atoms with Crippen molar-refractivity contribution in [3.8, 4) is 17.1 Å². The van der Waals surface area contributed by atoms with Crippen LogP contribution >= 0.6 is 11.6 Å². The summed E-state index contributed by atoms with van der Waals surface area (Å²) in [6.07, 6.45) is 6.37. The quantitative estimate of drug-likeness (QED) is 0.685. The molecule has 1 atom stereocenters. The first-order valence-electron chi connectivity index (χ1n) is 9.80. The monoisotopic (exact) mass is 398 g/mol. The summed E-state index contributed by atoms with van der Waals surface area (Å²) in [7, 11) is 1.68. The predicted molar refractivity (Wildman–Crippen MR) is 109 cm³/mol. The average molecular weight is 399 g/mol. The Morgan fingerprint density at radius 3 is 2.93 bits per heavy atom. The molecule has 3 aromatic heterocycles. The molecule has 8 heteroatoms. The summed E-state index contributed by atoms with van der Waals surface area (Å²) in [5, 5.41) is 12.3. The molecule has 2 N–H and O–H groups in total. The molecule has 2 aliphatic rings. The highest BCUT2D eigenvalue weighted by molar-refractivity contribution is 6.33. The Morgan fingerprint density at radius 2 is 2.18 bits per heavy atom. The van der Waals surface area contributed by atoms with E-state index in [0.29, 0.717) is 22.7 Å². The number of nitrogens with zero attached hydrogens (tertiary/aromatic N) is 4. The molecule has 5 rings (SSSR count). The van der Waals surface area contributed by atoms with Crippen LogP contribution in [0.4, 0.5) is 5.82 Å². The van der Waals surface area contributed by atoms with Gasteiger partial charge in [0.25, 0.3) is 0 Å². The number of rotatable bonds is 5. The maximum atomic E-state index is 6.51. The van der Waals surface area contributed by atoms with E-state index in [0.717, 1.165) is 61.0 Å². The average Bonchev–Trinajstić information content (AvgIpc) is 3.49.